The minimum Gasteiger partial charge on any atom is -0.384 e. The second-order valence-corrected chi connectivity index (χ2v) is 5.59. The van der Waals surface area contributed by atoms with E-state index in [0.29, 0.717) is 5.88 Å². The van der Waals surface area contributed by atoms with E-state index in [4.69, 9.17) is 11.6 Å². The highest BCUT2D eigenvalue weighted by atomic mass is 35.5. The molecule has 2 nitrogen and oxygen atoms in total. The number of piperidine rings is 1. The first-order valence-corrected chi connectivity index (χ1v) is 7.27. The Labute approximate surface area is 115 Å². The third kappa shape index (κ3) is 2.87. The number of hydrogen-bond acceptors (Lipinski definition) is 2. The van der Waals surface area contributed by atoms with E-state index >= 15 is 0 Å². The molecule has 1 saturated heterocycles. The molecule has 1 fully saturated rings. The summed E-state index contributed by atoms with van der Waals surface area (Å²) < 4.78 is 0. The molecule has 0 radical (unpaired) electrons. The molecule has 0 bridgehead atoms. The fourth-order valence-electron chi connectivity index (χ4n) is 2.80. The lowest BCUT2D eigenvalue weighted by Gasteiger charge is -2.42. The van der Waals surface area contributed by atoms with Crippen LogP contribution >= 0.6 is 11.6 Å². The van der Waals surface area contributed by atoms with Crippen molar-refractivity contribution in [2.45, 2.75) is 37.8 Å². The van der Waals surface area contributed by atoms with Crippen molar-refractivity contribution in [3.63, 3.8) is 0 Å². The lowest BCUT2D eigenvalue weighted by Crippen LogP contribution is -2.52. The molecule has 18 heavy (non-hydrogen) atoms. The van der Waals surface area contributed by atoms with E-state index in [1.54, 1.807) is 0 Å². The average molecular weight is 268 g/mol. The molecule has 0 aliphatic carbocycles. The molecular weight excluding hydrogens is 246 g/mol. The maximum absolute atomic E-state index is 10.9. The third-order valence-electron chi connectivity index (χ3n) is 3.98. The Morgan fingerprint density at radius 2 is 1.83 bits per heavy atom. The molecule has 0 saturated carbocycles. The van der Waals surface area contributed by atoms with Crippen molar-refractivity contribution in [3.8, 4) is 0 Å². The van der Waals surface area contributed by atoms with Crippen LogP contribution in [-0.4, -0.2) is 35.0 Å². The number of alkyl halides is 1. The molecule has 0 aromatic heterocycles. The smallest absolute Gasteiger partial charge is 0.103 e. The van der Waals surface area contributed by atoms with E-state index in [1.807, 2.05) is 37.3 Å². The van der Waals surface area contributed by atoms with Gasteiger partial charge < -0.3 is 5.11 Å². The summed E-state index contributed by atoms with van der Waals surface area (Å²) in [7, 11) is 0. The van der Waals surface area contributed by atoms with Gasteiger partial charge in [-0.05, 0) is 38.4 Å². The molecule has 3 heteroatoms. The minimum atomic E-state index is -0.889. The number of aliphatic hydroxyl groups is 1. The topological polar surface area (TPSA) is 23.5 Å². The molecule has 1 aromatic carbocycles. The molecule has 0 unspecified atom stereocenters. The molecule has 0 spiro atoms. The van der Waals surface area contributed by atoms with Crippen LogP contribution in [0.1, 0.15) is 31.7 Å². The molecule has 1 aliphatic heterocycles. The first kappa shape index (κ1) is 13.9. The fourth-order valence-corrected chi connectivity index (χ4v) is 3.30. The molecule has 1 N–H and O–H groups in total. The summed E-state index contributed by atoms with van der Waals surface area (Å²) in [5.74, 6) is 0.460. The lowest BCUT2D eigenvalue weighted by atomic mass is 9.87. The van der Waals surface area contributed by atoms with E-state index in [0.717, 1.165) is 18.7 Å². The Morgan fingerprint density at radius 1 is 1.22 bits per heavy atom. The molecule has 2 rings (SSSR count). The Balaban J connectivity index is 2.19. The van der Waals surface area contributed by atoms with Gasteiger partial charge in [-0.1, -0.05) is 36.8 Å². The zero-order valence-electron chi connectivity index (χ0n) is 11.0. The second kappa shape index (κ2) is 6.05. The first-order chi connectivity index (χ1) is 8.66. The van der Waals surface area contributed by atoms with Crippen molar-refractivity contribution in [2.24, 2.45) is 0 Å². The van der Waals surface area contributed by atoms with E-state index in [2.05, 4.69) is 4.90 Å². The number of likely N-dealkylation sites (tertiary alicyclic amines) is 1. The van der Waals surface area contributed by atoms with Gasteiger partial charge in [-0.15, -0.1) is 11.6 Å². The van der Waals surface area contributed by atoms with E-state index in [9.17, 15) is 5.11 Å². The SMILES string of the molecule is C[C@](O)(c1ccccc1)[C@H](CCl)N1CCCCC1. The minimum absolute atomic E-state index is 0.0122. The third-order valence-corrected chi connectivity index (χ3v) is 4.28. The average Bonchev–Trinajstić information content (AvgIpc) is 2.41. The predicted molar refractivity (Wildman–Crippen MR) is 75.9 cm³/mol. The van der Waals surface area contributed by atoms with Crippen LogP contribution in [0.4, 0.5) is 0 Å². The summed E-state index contributed by atoms with van der Waals surface area (Å²) in [6.45, 7) is 3.96. The Hall–Kier alpha value is -0.570. The standard InChI is InChI=1S/C15H22ClNO/c1-15(18,13-8-4-2-5-9-13)14(12-16)17-10-6-3-7-11-17/h2,4-5,8-9,14,18H,3,6-7,10-12H2,1H3/t14-,15-/m0/s1. The van der Waals surface area contributed by atoms with Crippen LogP contribution in [0.3, 0.4) is 0 Å². The van der Waals surface area contributed by atoms with Gasteiger partial charge in [0, 0.05) is 5.88 Å². The number of halogens is 1. The van der Waals surface area contributed by atoms with Crippen LogP contribution in [0, 0.1) is 0 Å². The van der Waals surface area contributed by atoms with Crippen LogP contribution in [0.15, 0.2) is 30.3 Å². The van der Waals surface area contributed by atoms with Gasteiger partial charge in [-0.3, -0.25) is 4.90 Å². The summed E-state index contributed by atoms with van der Waals surface area (Å²) in [5, 5.41) is 10.9. The van der Waals surface area contributed by atoms with E-state index in [-0.39, 0.29) is 6.04 Å². The highest BCUT2D eigenvalue weighted by molar-refractivity contribution is 6.18. The quantitative estimate of drug-likeness (QED) is 0.848. The molecule has 2 atom stereocenters. The van der Waals surface area contributed by atoms with Crippen LogP contribution in [0.5, 0.6) is 0 Å². The van der Waals surface area contributed by atoms with Crippen molar-refractivity contribution in [3.05, 3.63) is 35.9 Å². The Kier molecular flexibility index (Phi) is 4.66. The predicted octanol–water partition coefficient (Wildman–Crippen LogP) is 2.99. The van der Waals surface area contributed by atoms with Gasteiger partial charge in [0.05, 0.1) is 6.04 Å². The summed E-state index contributed by atoms with van der Waals surface area (Å²) in [4.78, 5) is 2.34. The zero-order valence-corrected chi connectivity index (χ0v) is 11.7. The maximum Gasteiger partial charge on any atom is 0.103 e. The van der Waals surface area contributed by atoms with Gasteiger partial charge in [0.2, 0.25) is 0 Å². The van der Waals surface area contributed by atoms with Crippen molar-refractivity contribution in [1.29, 1.82) is 0 Å². The molecule has 1 aromatic rings. The summed E-state index contributed by atoms with van der Waals surface area (Å²) in [5.41, 5.74) is 0.0570. The summed E-state index contributed by atoms with van der Waals surface area (Å²) in [6, 6.07) is 9.83. The monoisotopic (exact) mass is 267 g/mol. The maximum atomic E-state index is 10.9. The van der Waals surface area contributed by atoms with Gasteiger partial charge in [-0.2, -0.15) is 0 Å². The second-order valence-electron chi connectivity index (χ2n) is 5.28. The summed E-state index contributed by atoms with van der Waals surface area (Å²) >= 11 is 6.13. The highest BCUT2D eigenvalue weighted by Gasteiger charge is 2.37. The molecule has 1 aliphatic rings. The van der Waals surface area contributed by atoms with Crippen molar-refractivity contribution in [1.82, 2.24) is 4.90 Å². The zero-order chi connectivity index (χ0) is 13.0. The van der Waals surface area contributed by atoms with E-state index in [1.165, 1.54) is 19.3 Å². The first-order valence-electron chi connectivity index (χ1n) is 6.74. The van der Waals surface area contributed by atoms with Gasteiger partial charge in [0.15, 0.2) is 0 Å². The molecule has 1 heterocycles. The number of benzene rings is 1. The van der Waals surface area contributed by atoms with Crippen LogP contribution in [-0.2, 0) is 5.60 Å². The lowest BCUT2D eigenvalue weighted by molar-refractivity contribution is -0.0352. The normalized spacial score (nSPS) is 22.4. The molecule has 0 amide bonds. The van der Waals surface area contributed by atoms with Gasteiger partial charge in [0.1, 0.15) is 5.60 Å². The van der Waals surface area contributed by atoms with E-state index < -0.39 is 5.60 Å². The number of nitrogens with zero attached hydrogens (tertiary/aromatic N) is 1. The van der Waals surface area contributed by atoms with Gasteiger partial charge in [-0.25, -0.2) is 0 Å². The highest BCUT2D eigenvalue weighted by Crippen LogP contribution is 2.30. The van der Waals surface area contributed by atoms with Gasteiger partial charge >= 0.3 is 0 Å². The van der Waals surface area contributed by atoms with Crippen LogP contribution in [0.2, 0.25) is 0 Å². The van der Waals surface area contributed by atoms with Crippen molar-refractivity contribution in [2.75, 3.05) is 19.0 Å². The fraction of sp³-hybridized carbons (Fsp3) is 0.600. The van der Waals surface area contributed by atoms with Crippen LogP contribution in [0.25, 0.3) is 0 Å². The molecular formula is C15H22ClNO. The van der Waals surface area contributed by atoms with Crippen LogP contribution < -0.4 is 0 Å². The Morgan fingerprint density at radius 3 is 2.39 bits per heavy atom. The Bertz CT molecular complexity index is 360. The largest absolute Gasteiger partial charge is 0.384 e. The molecule has 100 valence electrons. The number of hydrogen-bond donors (Lipinski definition) is 1. The van der Waals surface area contributed by atoms with Crippen molar-refractivity contribution < 1.29 is 5.11 Å². The number of rotatable bonds is 4. The summed E-state index contributed by atoms with van der Waals surface area (Å²) in [6.07, 6.45) is 3.70. The van der Waals surface area contributed by atoms with Crippen molar-refractivity contribution >= 4 is 11.6 Å². The van der Waals surface area contributed by atoms with Gasteiger partial charge in [0.25, 0.3) is 0 Å².